The molecule has 0 aliphatic heterocycles. The second-order valence-corrected chi connectivity index (χ2v) is 9.39. The fourth-order valence-electron chi connectivity index (χ4n) is 3.91. The van der Waals surface area contributed by atoms with Gasteiger partial charge in [0, 0.05) is 31.2 Å². The van der Waals surface area contributed by atoms with E-state index in [-0.39, 0.29) is 32.1 Å². The summed E-state index contributed by atoms with van der Waals surface area (Å²) in [5.41, 5.74) is 18.0. The first-order chi connectivity index (χ1) is 19.1. The van der Waals surface area contributed by atoms with Gasteiger partial charge in [0.05, 0.1) is 12.4 Å². The Kier molecular flexibility index (Phi) is 13.3. The van der Waals surface area contributed by atoms with E-state index in [4.69, 9.17) is 17.2 Å². The Morgan fingerprint density at radius 3 is 2.12 bits per heavy atom. The zero-order valence-electron chi connectivity index (χ0n) is 22.2. The topological polar surface area (TPSA) is 248 Å². The summed E-state index contributed by atoms with van der Waals surface area (Å²) in [6.45, 7) is 0.386. The van der Waals surface area contributed by atoms with Crippen LogP contribution in [0, 0.1) is 0 Å². The molecule has 0 radical (unpaired) electrons. The van der Waals surface area contributed by atoms with E-state index in [0.717, 1.165) is 0 Å². The number of unbranched alkanes of at least 4 members (excludes halogenated alkanes) is 1. The lowest BCUT2D eigenvalue weighted by Gasteiger charge is -2.25. The first kappa shape index (κ1) is 31.9. The van der Waals surface area contributed by atoms with Crippen LogP contribution in [0.15, 0.2) is 42.9 Å². The van der Waals surface area contributed by atoms with Crippen molar-refractivity contribution in [2.45, 2.75) is 69.1 Å². The van der Waals surface area contributed by atoms with Crippen LogP contribution in [-0.2, 0) is 36.8 Å². The van der Waals surface area contributed by atoms with Gasteiger partial charge in [-0.2, -0.15) is 0 Å². The molecule has 1 heterocycles. The number of carbonyl (C=O) groups is 5. The molecule has 0 saturated carbocycles. The van der Waals surface area contributed by atoms with Gasteiger partial charge in [-0.05, 0) is 37.8 Å². The van der Waals surface area contributed by atoms with Crippen LogP contribution in [0.1, 0.15) is 43.4 Å². The predicted octanol–water partition coefficient (Wildman–Crippen LogP) is -1.54. The Labute approximate surface area is 231 Å². The zero-order valence-corrected chi connectivity index (χ0v) is 22.2. The van der Waals surface area contributed by atoms with Crippen molar-refractivity contribution in [2.24, 2.45) is 17.2 Å². The number of aromatic amines is 1. The fraction of sp³-hybridized carbons (Fsp3) is 0.462. The lowest BCUT2D eigenvalue weighted by molar-refractivity contribution is -0.142. The van der Waals surface area contributed by atoms with Crippen LogP contribution < -0.4 is 33.2 Å². The minimum atomic E-state index is -1.24. The third-order valence-corrected chi connectivity index (χ3v) is 6.12. The van der Waals surface area contributed by atoms with E-state index >= 15 is 0 Å². The lowest BCUT2D eigenvalue weighted by Crippen LogP contribution is -2.57. The van der Waals surface area contributed by atoms with Crippen molar-refractivity contribution in [3.05, 3.63) is 54.1 Å². The Morgan fingerprint density at radius 2 is 1.52 bits per heavy atom. The summed E-state index contributed by atoms with van der Waals surface area (Å²) in [6, 6.07) is 4.18. The summed E-state index contributed by atoms with van der Waals surface area (Å²) in [5, 5.41) is 17.2. The second kappa shape index (κ2) is 16.6. The Bertz CT molecular complexity index is 1110. The lowest BCUT2D eigenvalue weighted by atomic mass is 10.0. The number of nitrogens with one attached hydrogen (secondary N) is 4. The van der Waals surface area contributed by atoms with Crippen LogP contribution in [0.3, 0.4) is 0 Å². The molecule has 0 fully saturated rings. The summed E-state index contributed by atoms with van der Waals surface area (Å²) in [7, 11) is 0. The highest BCUT2D eigenvalue weighted by Crippen LogP contribution is 2.08. The number of benzene rings is 1. The van der Waals surface area contributed by atoms with Gasteiger partial charge in [0.1, 0.15) is 18.1 Å². The van der Waals surface area contributed by atoms with E-state index < -0.39 is 53.8 Å². The van der Waals surface area contributed by atoms with Gasteiger partial charge in [0.25, 0.3) is 0 Å². The van der Waals surface area contributed by atoms with Crippen LogP contribution in [-0.4, -0.2) is 75.4 Å². The first-order valence-corrected chi connectivity index (χ1v) is 13.0. The Balaban J connectivity index is 2.19. The molecule has 0 bridgehead atoms. The molecule has 14 nitrogen and oxygen atoms in total. The maximum atomic E-state index is 13.3. The summed E-state index contributed by atoms with van der Waals surface area (Å²) in [6.07, 6.45) is 4.00. The molecule has 14 heteroatoms. The van der Waals surface area contributed by atoms with E-state index in [0.29, 0.717) is 30.6 Å². The van der Waals surface area contributed by atoms with Gasteiger partial charge in [-0.1, -0.05) is 30.3 Å². The van der Waals surface area contributed by atoms with Gasteiger partial charge in [-0.15, -0.1) is 0 Å². The number of carboxylic acids is 1. The van der Waals surface area contributed by atoms with Gasteiger partial charge >= 0.3 is 5.97 Å². The maximum absolute atomic E-state index is 13.3. The molecule has 1 aromatic carbocycles. The van der Waals surface area contributed by atoms with Gasteiger partial charge in [-0.25, -0.2) is 9.78 Å². The molecule has 2 rings (SSSR count). The van der Waals surface area contributed by atoms with Gasteiger partial charge in [-0.3, -0.25) is 19.2 Å². The highest BCUT2D eigenvalue weighted by Gasteiger charge is 2.30. The van der Waals surface area contributed by atoms with Crippen molar-refractivity contribution in [1.82, 2.24) is 25.9 Å². The van der Waals surface area contributed by atoms with Crippen LogP contribution in [0.2, 0.25) is 0 Å². The van der Waals surface area contributed by atoms with E-state index in [1.54, 1.807) is 30.3 Å². The monoisotopic (exact) mass is 558 g/mol. The molecular formula is C26H38N8O6. The number of nitrogens with two attached hydrogens (primary N) is 3. The van der Waals surface area contributed by atoms with Gasteiger partial charge in [0.15, 0.2) is 0 Å². The van der Waals surface area contributed by atoms with Crippen molar-refractivity contribution >= 4 is 29.6 Å². The van der Waals surface area contributed by atoms with Crippen LogP contribution in [0.4, 0.5) is 0 Å². The maximum Gasteiger partial charge on any atom is 0.326 e. The predicted molar refractivity (Wildman–Crippen MR) is 145 cm³/mol. The number of aliphatic carboxylic acids is 1. The van der Waals surface area contributed by atoms with Crippen LogP contribution in [0.5, 0.6) is 0 Å². The molecule has 0 aliphatic rings. The number of carboxylic acid groups (broad SMARTS) is 1. The highest BCUT2D eigenvalue weighted by molar-refractivity contribution is 5.94. The minimum absolute atomic E-state index is 0.0450. The summed E-state index contributed by atoms with van der Waals surface area (Å²) in [4.78, 5) is 69.2. The summed E-state index contributed by atoms with van der Waals surface area (Å²) >= 11 is 0. The molecule has 2 aromatic rings. The normalized spacial score (nSPS) is 13.8. The van der Waals surface area contributed by atoms with E-state index in [9.17, 15) is 29.1 Å². The SMILES string of the molecule is NCCCCC(NC(=O)C(Cc1ccccc1)NC(=O)C(CCC(N)=O)NC(=O)C(N)Cc1cnc[nH]1)C(=O)O. The summed E-state index contributed by atoms with van der Waals surface area (Å²) in [5.74, 6) is -4.03. The van der Waals surface area contributed by atoms with Crippen LogP contribution in [0.25, 0.3) is 0 Å². The third-order valence-electron chi connectivity index (χ3n) is 6.12. The largest absolute Gasteiger partial charge is 0.480 e. The number of aromatic nitrogens is 2. The van der Waals surface area contributed by atoms with Crippen molar-refractivity contribution in [3.63, 3.8) is 0 Å². The van der Waals surface area contributed by atoms with Crippen LogP contribution >= 0.6 is 0 Å². The molecule has 0 spiro atoms. The molecule has 4 amide bonds. The number of carbonyl (C=O) groups excluding carboxylic acids is 4. The van der Waals surface area contributed by atoms with Crippen molar-refractivity contribution < 1.29 is 29.1 Å². The van der Waals surface area contributed by atoms with Crippen molar-refractivity contribution in [2.75, 3.05) is 6.54 Å². The molecule has 40 heavy (non-hydrogen) atoms. The van der Waals surface area contributed by atoms with E-state index in [1.165, 1.54) is 12.5 Å². The molecule has 218 valence electrons. The number of hydrogen-bond donors (Lipinski definition) is 8. The van der Waals surface area contributed by atoms with Crippen molar-refractivity contribution in [1.29, 1.82) is 0 Å². The highest BCUT2D eigenvalue weighted by atomic mass is 16.4. The number of imidazole rings is 1. The number of hydrogen-bond acceptors (Lipinski definition) is 8. The fourth-order valence-corrected chi connectivity index (χ4v) is 3.91. The molecule has 4 atom stereocenters. The van der Waals surface area contributed by atoms with Gasteiger partial charge in [0.2, 0.25) is 23.6 Å². The smallest absolute Gasteiger partial charge is 0.326 e. The molecular weight excluding hydrogens is 520 g/mol. The molecule has 0 saturated heterocycles. The van der Waals surface area contributed by atoms with Gasteiger partial charge < -0.3 is 43.2 Å². The third kappa shape index (κ3) is 11.2. The standard InChI is InChI=1S/C26H38N8O6/c27-11-5-4-8-20(26(39)40)33-25(38)21(12-16-6-2-1-3-7-16)34-24(37)19(9-10-22(29)35)32-23(36)18(28)13-17-14-30-15-31-17/h1-3,6-7,14-15,18-21H,4-5,8-13,27-28H2,(H2,29,35)(H,30,31)(H,32,36)(H,33,38)(H,34,37)(H,39,40). The average molecular weight is 559 g/mol. The molecule has 0 aliphatic carbocycles. The number of amides is 4. The number of H-pyrrole nitrogens is 1. The quantitative estimate of drug-likeness (QED) is 0.0985. The Hall–Kier alpha value is -4.30. The Morgan fingerprint density at radius 1 is 0.875 bits per heavy atom. The minimum Gasteiger partial charge on any atom is -0.480 e. The van der Waals surface area contributed by atoms with E-state index in [2.05, 4.69) is 25.9 Å². The molecule has 1 aromatic heterocycles. The first-order valence-electron chi connectivity index (χ1n) is 13.0. The second-order valence-electron chi connectivity index (χ2n) is 9.39. The average Bonchev–Trinajstić information content (AvgIpc) is 3.43. The number of primary amides is 1. The molecule has 4 unspecified atom stereocenters. The number of nitrogens with zero attached hydrogens (tertiary/aromatic N) is 1. The summed E-state index contributed by atoms with van der Waals surface area (Å²) < 4.78 is 0. The van der Waals surface area contributed by atoms with E-state index in [1.807, 2.05) is 0 Å². The molecule has 11 N–H and O–H groups in total. The zero-order chi connectivity index (χ0) is 29.5. The van der Waals surface area contributed by atoms with Crippen molar-refractivity contribution in [3.8, 4) is 0 Å². The number of rotatable bonds is 18.